The van der Waals surface area contributed by atoms with Crippen LogP contribution >= 0.6 is 0 Å². The summed E-state index contributed by atoms with van der Waals surface area (Å²) in [5.74, 6) is 0.147. The average molecular weight is 266 g/mol. The number of benzene rings is 1. The number of hydrogen-bond donors (Lipinski definition) is 0. The smallest absolute Gasteiger partial charge is 0.207 e. The SMILES string of the molecule is CN(C)/C=C1\CCc2ccn(-c3ccccc3)c2C1=O. The van der Waals surface area contributed by atoms with E-state index in [0.29, 0.717) is 0 Å². The second kappa shape index (κ2) is 5.00. The van der Waals surface area contributed by atoms with Crippen molar-refractivity contribution in [3.05, 3.63) is 65.6 Å². The van der Waals surface area contributed by atoms with Crippen LogP contribution in [0.25, 0.3) is 5.69 Å². The van der Waals surface area contributed by atoms with Crippen molar-refractivity contribution >= 4 is 5.78 Å². The first-order valence-electron chi connectivity index (χ1n) is 6.84. The molecule has 20 heavy (non-hydrogen) atoms. The van der Waals surface area contributed by atoms with Gasteiger partial charge in [-0.25, -0.2) is 0 Å². The lowest BCUT2D eigenvalue weighted by Gasteiger charge is -2.19. The number of fused-ring (bicyclic) bond motifs is 1. The molecule has 0 amide bonds. The molecule has 1 heterocycles. The molecule has 0 fully saturated rings. The molecule has 0 aliphatic heterocycles. The van der Waals surface area contributed by atoms with Crippen LogP contribution in [0, 0.1) is 0 Å². The quantitative estimate of drug-likeness (QED) is 0.781. The summed E-state index contributed by atoms with van der Waals surface area (Å²) in [4.78, 5) is 14.6. The van der Waals surface area contributed by atoms with Crippen molar-refractivity contribution in [2.24, 2.45) is 0 Å². The van der Waals surface area contributed by atoms with E-state index >= 15 is 0 Å². The maximum absolute atomic E-state index is 12.7. The number of carbonyl (C=O) groups is 1. The van der Waals surface area contributed by atoms with Crippen LogP contribution in [-0.4, -0.2) is 29.3 Å². The van der Waals surface area contributed by atoms with Crippen molar-refractivity contribution in [3.8, 4) is 5.69 Å². The highest BCUT2D eigenvalue weighted by Crippen LogP contribution is 2.28. The first-order chi connectivity index (χ1) is 9.66. The van der Waals surface area contributed by atoms with Crippen LogP contribution in [0.3, 0.4) is 0 Å². The fraction of sp³-hybridized carbons (Fsp3) is 0.235. The van der Waals surface area contributed by atoms with Gasteiger partial charge in [-0.15, -0.1) is 0 Å². The highest BCUT2D eigenvalue weighted by Gasteiger charge is 2.26. The van der Waals surface area contributed by atoms with Crippen LogP contribution in [0.1, 0.15) is 22.5 Å². The molecule has 1 aliphatic rings. The molecule has 1 aromatic carbocycles. The monoisotopic (exact) mass is 266 g/mol. The minimum atomic E-state index is 0.147. The Balaban J connectivity index is 2.08. The molecule has 1 aliphatic carbocycles. The third kappa shape index (κ3) is 2.16. The van der Waals surface area contributed by atoms with Gasteiger partial charge in [-0.3, -0.25) is 4.79 Å². The lowest BCUT2D eigenvalue weighted by Crippen LogP contribution is -2.19. The standard InChI is InChI=1S/C17H18N2O/c1-18(2)12-14-9-8-13-10-11-19(16(13)17(14)20)15-6-4-3-5-7-15/h3-7,10-12H,8-9H2,1-2H3/b14-12+. The number of allylic oxidation sites excluding steroid dienone is 1. The van der Waals surface area contributed by atoms with Gasteiger partial charge in [-0.1, -0.05) is 18.2 Å². The zero-order valence-electron chi connectivity index (χ0n) is 11.8. The topological polar surface area (TPSA) is 25.2 Å². The molecule has 0 radical (unpaired) electrons. The van der Waals surface area contributed by atoms with E-state index in [4.69, 9.17) is 0 Å². The number of rotatable bonds is 2. The lowest BCUT2D eigenvalue weighted by atomic mass is 9.92. The number of hydrogen-bond acceptors (Lipinski definition) is 2. The number of para-hydroxylation sites is 1. The number of aromatic nitrogens is 1. The van der Waals surface area contributed by atoms with E-state index in [9.17, 15) is 4.79 Å². The van der Waals surface area contributed by atoms with E-state index < -0.39 is 0 Å². The van der Waals surface area contributed by atoms with Crippen LogP contribution in [0.15, 0.2) is 54.4 Å². The van der Waals surface area contributed by atoms with Gasteiger partial charge >= 0.3 is 0 Å². The predicted octanol–water partition coefficient (Wildman–Crippen LogP) is 3.05. The first-order valence-corrected chi connectivity index (χ1v) is 6.84. The summed E-state index contributed by atoms with van der Waals surface area (Å²) in [5, 5.41) is 0. The molecule has 0 spiro atoms. The third-order valence-electron chi connectivity index (χ3n) is 3.59. The molecule has 0 saturated carbocycles. The van der Waals surface area contributed by atoms with Gasteiger partial charge in [0, 0.05) is 37.8 Å². The van der Waals surface area contributed by atoms with Crippen molar-refractivity contribution < 1.29 is 4.79 Å². The lowest BCUT2D eigenvalue weighted by molar-refractivity contribution is 0.101. The maximum Gasteiger partial charge on any atom is 0.207 e. The minimum Gasteiger partial charge on any atom is -0.383 e. The molecule has 0 N–H and O–H groups in total. The predicted molar refractivity (Wildman–Crippen MR) is 80.2 cm³/mol. The summed E-state index contributed by atoms with van der Waals surface area (Å²) < 4.78 is 2.00. The summed E-state index contributed by atoms with van der Waals surface area (Å²) in [6, 6.07) is 12.1. The highest BCUT2D eigenvalue weighted by atomic mass is 16.1. The molecular formula is C17H18N2O. The van der Waals surface area contributed by atoms with Gasteiger partial charge in [0.1, 0.15) is 0 Å². The molecule has 3 heteroatoms. The van der Waals surface area contributed by atoms with Gasteiger partial charge in [-0.05, 0) is 36.6 Å². The van der Waals surface area contributed by atoms with Crippen LogP contribution in [0.2, 0.25) is 0 Å². The van der Waals surface area contributed by atoms with E-state index in [1.165, 1.54) is 0 Å². The Labute approximate surface area is 119 Å². The number of carbonyl (C=O) groups excluding carboxylic acids is 1. The molecule has 0 bridgehead atoms. The Morgan fingerprint density at radius 1 is 1.10 bits per heavy atom. The Bertz CT molecular complexity index is 666. The molecule has 3 rings (SSSR count). The molecule has 0 saturated heterocycles. The largest absolute Gasteiger partial charge is 0.383 e. The van der Waals surface area contributed by atoms with E-state index in [2.05, 4.69) is 6.07 Å². The Hall–Kier alpha value is -2.29. The molecule has 1 aromatic heterocycles. The first kappa shape index (κ1) is 12.7. The van der Waals surface area contributed by atoms with Crippen LogP contribution in [-0.2, 0) is 6.42 Å². The van der Waals surface area contributed by atoms with Crippen LogP contribution < -0.4 is 0 Å². The summed E-state index contributed by atoms with van der Waals surface area (Å²) in [5.41, 5.74) is 3.89. The van der Waals surface area contributed by atoms with Gasteiger partial charge in [0.2, 0.25) is 5.78 Å². The number of Topliss-reactive ketones (excluding diaryl/α,β-unsaturated/α-hetero) is 1. The van der Waals surface area contributed by atoms with Crippen molar-refractivity contribution in [1.82, 2.24) is 9.47 Å². The van der Waals surface area contributed by atoms with Crippen molar-refractivity contribution in [1.29, 1.82) is 0 Å². The van der Waals surface area contributed by atoms with Crippen molar-refractivity contribution in [2.75, 3.05) is 14.1 Å². The number of aryl methyl sites for hydroxylation is 1. The fourth-order valence-electron chi connectivity index (χ4n) is 2.70. The average Bonchev–Trinajstić information content (AvgIpc) is 2.87. The zero-order valence-corrected chi connectivity index (χ0v) is 11.8. The van der Waals surface area contributed by atoms with E-state index in [1.54, 1.807) is 0 Å². The normalized spacial score (nSPS) is 16.3. The van der Waals surface area contributed by atoms with Crippen molar-refractivity contribution in [2.45, 2.75) is 12.8 Å². The summed E-state index contributed by atoms with van der Waals surface area (Å²) in [6.45, 7) is 0. The van der Waals surface area contributed by atoms with Gasteiger partial charge in [-0.2, -0.15) is 0 Å². The van der Waals surface area contributed by atoms with Gasteiger partial charge in [0.05, 0.1) is 5.69 Å². The molecule has 0 unspecified atom stereocenters. The molecule has 0 atom stereocenters. The summed E-state index contributed by atoms with van der Waals surface area (Å²) in [7, 11) is 3.90. The Morgan fingerprint density at radius 3 is 2.55 bits per heavy atom. The summed E-state index contributed by atoms with van der Waals surface area (Å²) >= 11 is 0. The van der Waals surface area contributed by atoms with E-state index in [1.807, 2.05) is 66.3 Å². The minimum absolute atomic E-state index is 0.147. The molecule has 102 valence electrons. The maximum atomic E-state index is 12.7. The van der Waals surface area contributed by atoms with E-state index in [-0.39, 0.29) is 5.78 Å². The zero-order chi connectivity index (χ0) is 14.1. The number of ketones is 1. The van der Waals surface area contributed by atoms with Crippen LogP contribution in [0.4, 0.5) is 0 Å². The van der Waals surface area contributed by atoms with E-state index in [0.717, 1.165) is 35.4 Å². The molecule has 2 aromatic rings. The second-order valence-electron chi connectivity index (χ2n) is 5.34. The third-order valence-corrected chi connectivity index (χ3v) is 3.59. The fourth-order valence-corrected chi connectivity index (χ4v) is 2.70. The molecule has 3 nitrogen and oxygen atoms in total. The molecular weight excluding hydrogens is 248 g/mol. The second-order valence-corrected chi connectivity index (χ2v) is 5.34. The van der Waals surface area contributed by atoms with Crippen LogP contribution in [0.5, 0.6) is 0 Å². The van der Waals surface area contributed by atoms with Crippen molar-refractivity contribution in [3.63, 3.8) is 0 Å². The summed E-state index contributed by atoms with van der Waals surface area (Å²) in [6.07, 6.45) is 5.69. The highest BCUT2D eigenvalue weighted by molar-refractivity contribution is 6.10. The Kier molecular flexibility index (Phi) is 3.18. The van der Waals surface area contributed by atoms with Gasteiger partial charge in [0.15, 0.2) is 0 Å². The van der Waals surface area contributed by atoms with Gasteiger partial charge in [0.25, 0.3) is 0 Å². The van der Waals surface area contributed by atoms with Gasteiger partial charge < -0.3 is 9.47 Å². The Morgan fingerprint density at radius 2 is 1.85 bits per heavy atom. The number of nitrogens with zero attached hydrogens (tertiary/aromatic N) is 2.